The number of hydrogen-bond acceptors (Lipinski definition) is 4. The van der Waals surface area contributed by atoms with Crippen LogP contribution in [0.25, 0.3) is 0 Å². The van der Waals surface area contributed by atoms with Gasteiger partial charge in [-0.25, -0.2) is 4.79 Å². The Labute approximate surface area is 165 Å². The SMILES string of the molecule is CCNC(=O)NC(=O)[C@@H](c1ccccc1)N(C)CC(=O)Nc1ccc(C)cc1. The first kappa shape index (κ1) is 21.1. The molecule has 0 radical (unpaired) electrons. The van der Waals surface area contributed by atoms with Crippen LogP contribution < -0.4 is 16.0 Å². The van der Waals surface area contributed by atoms with Gasteiger partial charge in [-0.3, -0.25) is 19.8 Å². The number of benzene rings is 2. The van der Waals surface area contributed by atoms with E-state index in [2.05, 4.69) is 16.0 Å². The summed E-state index contributed by atoms with van der Waals surface area (Å²) < 4.78 is 0. The second kappa shape index (κ2) is 10.2. The molecule has 0 spiro atoms. The minimum Gasteiger partial charge on any atom is -0.338 e. The second-order valence-corrected chi connectivity index (χ2v) is 6.49. The zero-order valence-electron chi connectivity index (χ0n) is 16.4. The lowest BCUT2D eigenvalue weighted by molar-refractivity contribution is -0.126. The number of aryl methyl sites for hydroxylation is 1. The molecular weight excluding hydrogens is 356 g/mol. The summed E-state index contributed by atoms with van der Waals surface area (Å²) in [6.45, 7) is 4.12. The highest BCUT2D eigenvalue weighted by Gasteiger charge is 2.27. The van der Waals surface area contributed by atoms with Gasteiger partial charge in [0.05, 0.1) is 6.54 Å². The summed E-state index contributed by atoms with van der Waals surface area (Å²) in [4.78, 5) is 38.5. The number of carbonyl (C=O) groups excluding carboxylic acids is 3. The first-order valence-electron chi connectivity index (χ1n) is 9.11. The molecule has 3 N–H and O–H groups in total. The maximum Gasteiger partial charge on any atom is 0.321 e. The van der Waals surface area contributed by atoms with Gasteiger partial charge in [-0.2, -0.15) is 0 Å². The van der Waals surface area contributed by atoms with Crippen molar-refractivity contribution in [3.8, 4) is 0 Å². The molecule has 7 heteroatoms. The number of anilines is 1. The van der Waals surface area contributed by atoms with E-state index >= 15 is 0 Å². The Bertz CT molecular complexity index is 806. The minimum absolute atomic E-state index is 0.0176. The fourth-order valence-electron chi connectivity index (χ4n) is 2.78. The van der Waals surface area contributed by atoms with Gasteiger partial charge in [0.2, 0.25) is 11.8 Å². The number of nitrogens with zero attached hydrogens (tertiary/aromatic N) is 1. The Morgan fingerprint density at radius 1 is 1.00 bits per heavy atom. The van der Waals surface area contributed by atoms with Crippen molar-refractivity contribution < 1.29 is 14.4 Å². The third-order valence-electron chi connectivity index (χ3n) is 4.11. The molecule has 0 bridgehead atoms. The van der Waals surface area contributed by atoms with Gasteiger partial charge in [0.15, 0.2) is 0 Å². The van der Waals surface area contributed by atoms with E-state index in [1.807, 2.05) is 49.4 Å². The van der Waals surface area contributed by atoms with Crippen LogP contribution >= 0.6 is 0 Å². The molecule has 2 rings (SSSR count). The average Bonchev–Trinajstić information content (AvgIpc) is 2.64. The Morgan fingerprint density at radius 3 is 2.25 bits per heavy atom. The van der Waals surface area contributed by atoms with Gasteiger partial charge in [-0.05, 0) is 38.6 Å². The summed E-state index contributed by atoms with van der Waals surface area (Å²) in [5.41, 5.74) is 2.48. The Hall–Kier alpha value is -3.19. The third kappa shape index (κ3) is 6.21. The number of likely N-dealkylation sites (N-methyl/N-ethyl adjacent to an activating group) is 1. The summed E-state index contributed by atoms with van der Waals surface area (Å²) in [5.74, 6) is -0.749. The summed E-state index contributed by atoms with van der Waals surface area (Å²) in [6, 6.07) is 15.1. The van der Waals surface area contributed by atoms with Crippen LogP contribution in [0.1, 0.15) is 24.1 Å². The average molecular weight is 382 g/mol. The molecule has 0 aliphatic rings. The number of rotatable bonds is 7. The van der Waals surface area contributed by atoms with Crippen LogP contribution in [0.2, 0.25) is 0 Å². The molecule has 0 saturated heterocycles. The predicted molar refractivity (Wildman–Crippen MR) is 109 cm³/mol. The van der Waals surface area contributed by atoms with E-state index in [4.69, 9.17) is 0 Å². The van der Waals surface area contributed by atoms with Crippen LogP contribution in [0.4, 0.5) is 10.5 Å². The molecular formula is C21H26N4O3. The molecule has 1 atom stereocenters. The van der Waals surface area contributed by atoms with E-state index < -0.39 is 18.0 Å². The van der Waals surface area contributed by atoms with Crippen molar-refractivity contribution >= 4 is 23.5 Å². The van der Waals surface area contributed by atoms with Gasteiger partial charge in [-0.1, -0.05) is 48.0 Å². The Balaban J connectivity index is 2.10. The fraction of sp³-hybridized carbons (Fsp3) is 0.286. The van der Waals surface area contributed by atoms with E-state index in [1.54, 1.807) is 31.0 Å². The normalized spacial score (nSPS) is 11.6. The third-order valence-corrected chi connectivity index (χ3v) is 4.11. The second-order valence-electron chi connectivity index (χ2n) is 6.49. The van der Waals surface area contributed by atoms with Gasteiger partial charge in [0.1, 0.15) is 6.04 Å². The van der Waals surface area contributed by atoms with Crippen molar-refractivity contribution in [3.05, 3.63) is 65.7 Å². The molecule has 0 saturated carbocycles. The summed E-state index contributed by atoms with van der Waals surface area (Å²) >= 11 is 0. The molecule has 2 aromatic rings. The summed E-state index contributed by atoms with van der Waals surface area (Å²) in [5, 5.41) is 7.67. The smallest absolute Gasteiger partial charge is 0.321 e. The lowest BCUT2D eigenvalue weighted by Crippen LogP contribution is -2.46. The summed E-state index contributed by atoms with van der Waals surface area (Å²) in [7, 11) is 1.67. The van der Waals surface area contributed by atoms with Crippen LogP contribution in [0, 0.1) is 6.92 Å². The lowest BCUT2D eigenvalue weighted by Gasteiger charge is -2.26. The van der Waals surface area contributed by atoms with E-state index in [-0.39, 0.29) is 12.5 Å². The number of nitrogens with one attached hydrogen (secondary N) is 3. The van der Waals surface area contributed by atoms with Gasteiger partial charge < -0.3 is 10.6 Å². The molecule has 2 aromatic carbocycles. The van der Waals surface area contributed by atoms with E-state index in [1.165, 1.54) is 0 Å². The van der Waals surface area contributed by atoms with Gasteiger partial charge in [0.25, 0.3) is 0 Å². The van der Waals surface area contributed by atoms with Crippen molar-refractivity contribution in [1.29, 1.82) is 0 Å². The molecule has 4 amide bonds. The molecule has 7 nitrogen and oxygen atoms in total. The monoisotopic (exact) mass is 382 g/mol. The molecule has 0 unspecified atom stereocenters. The fourth-order valence-corrected chi connectivity index (χ4v) is 2.78. The number of imide groups is 1. The molecule has 0 aliphatic heterocycles. The molecule has 0 fully saturated rings. The number of amides is 4. The molecule has 148 valence electrons. The molecule has 0 aromatic heterocycles. The highest BCUT2D eigenvalue weighted by atomic mass is 16.2. The van der Waals surface area contributed by atoms with E-state index in [9.17, 15) is 14.4 Å². The van der Waals surface area contributed by atoms with Crippen molar-refractivity contribution in [3.63, 3.8) is 0 Å². The minimum atomic E-state index is -0.785. The van der Waals surface area contributed by atoms with Crippen molar-refractivity contribution in [1.82, 2.24) is 15.5 Å². The number of urea groups is 1. The maximum atomic E-state index is 12.7. The van der Waals surface area contributed by atoms with E-state index in [0.717, 1.165) is 5.56 Å². The van der Waals surface area contributed by atoms with Gasteiger partial charge >= 0.3 is 6.03 Å². The Kier molecular flexibility index (Phi) is 7.71. The first-order chi connectivity index (χ1) is 13.4. The van der Waals surface area contributed by atoms with Crippen molar-refractivity contribution in [2.75, 3.05) is 25.5 Å². The van der Waals surface area contributed by atoms with Gasteiger partial charge in [-0.15, -0.1) is 0 Å². The standard InChI is InChI=1S/C21H26N4O3/c1-4-22-21(28)24-20(27)19(16-8-6-5-7-9-16)25(3)14-18(26)23-17-12-10-15(2)11-13-17/h5-13,19H,4,14H2,1-3H3,(H,23,26)(H2,22,24,27,28)/t19-/m1/s1. The topological polar surface area (TPSA) is 90.5 Å². The predicted octanol–water partition coefficient (Wildman–Crippen LogP) is 2.45. The van der Waals surface area contributed by atoms with Crippen LogP contribution in [0.3, 0.4) is 0 Å². The van der Waals surface area contributed by atoms with Crippen molar-refractivity contribution in [2.24, 2.45) is 0 Å². The van der Waals surface area contributed by atoms with Crippen LogP contribution in [-0.4, -0.2) is 42.9 Å². The molecule has 0 aliphatic carbocycles. The largest absolute Gasteiger partial charge is 0.338 e. The first-order valence-corrected chi connectivity index (χ1v) is 9.11. The van der Waals surface area contributed by atoms with Crippen LogP contribution in [0.15, 0.2) is 54.6 Å². The highest BCUT2D eigenvalue weighted by molar-refractivity contribution is 5.98. The number of carbonyl (C=O) groups is 3. The zero-order chi connectivity index (χ0) is 20.5. The van der Waals surface area contributed by atoms with Crippen molar-refractivity contribution in [2.45, 2.75) is 19.9 Å². The quantitative estimate of drug-likeness (QED) is 0.686. The van der Waals surface area contributed by atoms with Crippen LogP contribution in [0.5, 0.6) is 0 Å². The zero-order valence-corrected chi connectivity index (χ0v) is 16.4. The summed E-state index contributed by atoms with van der Waals surface area (Å²) in [6.07, 6.45) is 0. The number of hydrogen-bond donors (Lipinski definition) is 3. The lowest BCUT2D eigenvalue weighted by atomic mass is 10.0. The highest BCUT2D eigenvalue weighted by Crippen LogP contribution is 2.19. The molecule has 28 heavy (non-hydrogen) atoms. The Morgan fingerprint density at radius 2 is 1.64 bits per heavy atom. The van der Waals surface area contributed by atoms with Gasteiger partial charge in [0, 0.05) is 12.2 Å². The van der Waals surface area contributed by atoms with Crippen LogP contribution in [-0.2, 0) is 9.59 Å². The molecule has 0 heterocycles. The maximum absolute atomic E-state index is 12.7. The van der Waals surface area contributed by atoms with E-state index in [0.29, 0.717) is 17.8 Å².